The van der Waals surface area contributed by atoms with Crippen molar-refractivity contribution in [1.82, 2.24) is 4.98 Å². The lowest BCUT2D eigenvalue weighted by molar-refractivity contribution is 0.897. The summed E-state index contributed by atoms with van der Waals surface area (Å²) in [4.78, 5) is 3.31. The van der Waals surface area contributed by atoms with Gasteiger partial charge in [0.15, 0.2) is 0 Å². The van der Waals surface area contributed by atoms with Gasteiger partial charge in [0.2, 0.25) is 0 Å². The van der Waals surface area contributed by atoms with Gasteiger partial charge in [-0.2, -0.15) is 0 Å². The summed E-state index contributed by atoms with van der Waals surface area (Å²) in [6, 6.07) is 6.43. The SMILES string of the molecule is CCCCSNc1ccc2[nH]c(Br)c(C)c2c1. The molecule has 0 aliphatic heterocycles. The van der Waals surface area contributed by atoms with Crippen LogP contribution in [-0.4, -0.2) is 10.7 Å². The summed E-state index contributed by atoms with van der Waals surface area (Å²) < 4.78 is 4.47. The van der Waals surface area contributed by atoms with Crippen molar-refractivity contribution in [2.45, 2.75) is 26.7 Å². The highest BCUT2D eigenvalue weighted by molar-refractivity contribution is 9.10. The smallest absolute Gasteiger partial charge is 0.0860 e. The quantitative estimate of drug-likeness (QED) is 0.594. The van der Waals surface area contributed by atoms with Crippen LogP contribution in [0.3, 0.4) is 0 Å². The predicted octanol–water partition coefficient (Wildman–Crippen LogP) is 5.10. The molecule has 0 saturated heterocycles. The molecule has 1 aromatic heterocycles. The second kappa shape index (κ2) is 5.83. The molecule has 0 fully saturated rings. The fourth-order valence-electron chi connectivity index (χ4n) is 1.71. The topological polar surface area (TPSA) is 27.8 Å². The van der Waals surface area contributed by atoms with Gasteiger partial charge in [-0.3, -0.25) is 0 Å². The maximum Gasteiger partial charge on any atom is 0.0860 e. The number of aryl methyl sites for hydroxylation is 1. The zero-order chi connectivity index (χ0) is 12.3. The molecule has 92 valence electrons. The molecule has 0 spiro atoms. The first kappa shape index (κ1) is 12.8. The second-order valence-electron chi connectivity index (χ2n) is 4.13. The largest absolute Gasteiger partial charge is 0.349 e. The summed E-state index contributed by atoms with van der Waals surface area (Å²) in [7, 11) is 0. The summed E-state index contributed by atoms with van der Waals surface area (Å²) in [5.41, 5.74) is 3.62. The molecule has 1 heterocycles. The van der Waals surface area contributed by atoms with E-state index in [0.717, 1.165) is 10.4 Å². The van der Waals surface area contributed by atoms with Crippen molar-refractivity contribution < 1.29 is 0 Å². The molecule has 0 atom stereocenters. The van der Waals surface area contributed by atoms with Crippen LogP contribution < -0.4 is 4.72 Å². The number of aromatic nitrogens is 1. The lowest BCUT2D eigenvalue weighted by Crippen LogP contribution is -1.89. The number of unbranched alkanes of at least 4 members (excludes halogenated alkanes) is 1. The van der Waals surface area contributed by atoms with Crippen molar-refractivity contribution in [2.75, 3.05) is 10.5 Å². The Kier molecular flexibility index (Phi) is 4.40. The standard InChI is InChI=1S/C13H17BrN2S/c1-3-4-7-17-16-10-5-6-12-11(8-10)9(2)13(14)15-12/h5-6,8,15-16H,3-4,7H2,1-2H3. The van der Waals surface area contributed by atoms with E-state index in [4.69, 9.17) is 0 Å². The summed E-state index contributed by atoms with van der Waals surface area (Å²) in [5.74, 6) is 1.16. The molecule has 0 unspecified atom stereocenters. The minimum absolute atomic E-state index is 1.07. The highest BCUT2D eigenvalue weighted by Gasteiger charge is 2.05. The molecule has 2 nitrogen and oxygen atoms in total. The number of rotatable bonds is 5. The number of hydrogen-bond acceptors (Lipinski definition) is 2. The van der Waals surface area contributed by atoms with E-state index in [1.165, 1.54) is 35.0 Å². The van der Waals surface area contributed by atoms with Crippen molar-refractivity contribution >= 4 is 44.5 Å². The molecule has 1 aromatic carbocycles. The lowest BCUT2D eigenvalue weighted by Gasteiger charge is -2.05. The Balaban J connectivity index is 2.11. The molecule has 2 rings (SSSR count). The first-order valence-electron chi connectivity index (χ1n) is 5.88. The number of benzene rings is 1. The van der Waals surface area contributed by atoms with Gasteiger partial charge in [-0.25, -0.2) is 0 Å². The second-order valence-corrected chi connectivity index (χ2v) is 5.82. The molecule has 4 heteroatoms. The molecular formula is C13H17BrN2S. The molecule has 0 radical (unpaired) electrons. The monoisotopic (exact) mass is 312 g/mol. The molecule has 2 N–H and O–H groups in total. The molecule has 0 aliphatic carbocycles. The van der Waals surface area contributed by atoms with Crippen molar-refractivity contribution in [3.8, 4) is 0 Å². The maximum atomic E-state index is 3.53. The van der Waals surface area contributed by atoms with E-state index in [0.29, 0.717) is 0 Å². The minimum atomic E-state index is 1.07. The number of aromatic amines is 1. The van der Waals surface area contributed by atoms with Crippen LogP contribution in [0.25, 0.3) is 10.9 Å². The van der Waals surface area contributed by atoms with E-state index in [1.54, 1.807) is 11.9 Å². The van der Waals surface area contributed by atoms with Gasteiger partial charge in [0.25, 0.3) is 0 Å². The van der Waals surface area contributed by atoms with Crippen LogP contribution >= 0.6 is 27.9 Å². The van der Waals surface area contributed by atoms with Gasteiger partial charge in [-0.1, -0.05) is 25.3 Å². The molecule has 0 bridgehead atoms. The molecule has 0 aliphatic rings. The first-order valence-corrected chi connectivity index (χ1v) is 7.66. The normalized spacial score (nSPS) is 11.0. The molecule has 0 amide bonds. The minimum Gasteiger partial charge on any atom is -0.349 e. The average Bonchev–Trinajstić information content (AvgIpc) is 2.61. The van der Waals surface area contributed by atoms with Crippen molar-refractivity contribution in [1.29, 1.82) is 0 Å². The van der Waals surface area contributed by atoms with Gasteiger partial charge < -0.3 is 9.71 Å². The van der Waals surface area contributed by atoms with Gasteiger partial charge in [0.1, 0.15) is 0 Å². The van der Waals surface area contributed by atoms with Gasteiger partial charge in [0.05, 0.1) is 4.60 Å². The molecule has 0 saturated carbocycles. The van der Waals surface area contributed by atoms with Gasteiger partial charge in [-0.15, -0.1) is 0 Å². The van der Waals surface area contributed by atoms with Crippen molar-refractivity contribution in [3.05, 3.63) is 28.4 Å². The zero-order valence-electron chi connectivity index (χ0n) is 10.1. The zero-order valence-corrected chi connectivity index (χ0v) is 12.5. The molecular weight excluding hydrogens is 296 g/mol. The van der Waals surface area contributed by atoms with E-state index < -0.39 is 0 Å². The number of hydrogen-bond donors (Lipinski definition) is 2. The van der Waals surface area contributed by atoms with E-state index in [-0.39, 0.29) is 0 Å². The highest BCUT2D eigenvalue weighted by atomic mass is 79.9. The fourth-order valence-corrected chi connectivity index (χ4v) is 2.96. The van der Waals surface area contributed by atoms with E-state index >= 15 is 0 Å². The lowest BCUT2D eigenvalue weighted by atomic mass is 10.2. The number of nitrogens with one attached hydrogen (secondary N) is 2. The van der Waals surface area contributed by atoms with Crippen molar-refractivity contribution in [2.24, 2.45) is 0 Å². The summed E-state index contributed by atoms with van der Waals surface area (Å²) >= 11 is 5.31. The summed E-state index contributed by atoms with van der Waals surface area (Å²) in [6.45, 7) is 4.34. The number of H-pyrrole nitrogens is 1. The fraction of sp³-hybridized carbons (Fsp3) is 0.385. The van der Waals surface area contributed by atoms with Crippen LogP contribution in [0.4, 0.5) is 5.69 Å². The van der Waals surface area contributed by atoms with Crippen LogP contribution in [0, 0.1) is 6.92 Å². The molecule has 17 heavy (non-hydrogen) atoms. The first-order chi connectivity index (χ1) is 8.22. The summed E-state index contributed by atoms with van der Waals surface area (Å²) in [5, 5.41) is 1.28. The van der Waals surface area contributed by atoms with Crippen LogP contribution in [-0.2, 0) is 0 Å². The highest BCUT2D eigenvalue weighted by Crippen LogP contribution is 2.28. The average molecular weight is 313 g/mol. The van der Waals surface area contributed by atoms with Gasteiger partial charge in [0, 0.05) is 22.3 Å². The third-order valence-corrected chi connectivity index (χ3v) is 4.45. The Morgan fingerprint density at radius 1 is 1.41 bits per heavy atom. The van der Waals surface area contributed by atoms with Gasteiger partial charge in [-0.05, 0) is 53.0 Å². The summed E-state index contributed by atoms with van der Waals surface area (Å²) in [6.07, 6.45) is 2.51. The van der Waals surface area contributed by atoms with Crippen LogP contribution in [0.2, 0.25) is 0 Å². The predicted molar refractivity (Wildman–Crippen MR) is 81.7 cm³/mol. The maximum absolute atomic E-state index is 3.53. The van der Waals surface area contributed by atoms with E-state index in [1.807, 2.05) is 0 Å². The Morgan fingerprint density at radius 3 is 3.00 bits per heavy atom. The Bertz CT molecular complexity index is 507. The van der Waals surface area contributed by atoms with Crippen molar-refractivity contribution in [3.63, 3.8) is 0 Å². The third-order valence-electron chi connectivity index (χ3n) is 2.79. The Morgan fingerprint density at radius 2 is 2.24 bits per heavy atom. The van der Waals surface area contributed by atoms with E-state index in [2.05, 4.69) is 57.7 Å². The Hall–Kier alpha value is -0.610. The number of fused-ring (bicyclic) bond motifs is 1. The van der Waals surface area contributed by atoms with Crippen LogP contribution in [0.15, 0.2) is 22.8 Å². The number of halogens is 1. The van der Waals surface area contributed by atoms with Gasteiger partial charge >= 0.3 is 0 Å². The molecule has 2 aromatic rings. The van der Waals surface area contributed by atoms with Crippen LogP contribution in [0.1, 0.15) is 25.3 Å². The van der Waals surface area contributed by atoms with Crippen LogP contribution in [0.5, 0.6) is 0 Å². The Labute approximate surface area is 115 Å². The number of anilines is 1. The van der Waals surface area contributed by atoms with E-state index in [9.17, 15) is 0 Å². The third kappa shape index (κ3) is 2.99.